The second-order valence-corrected chi connectivity index (χ2v) is 6.33. The van der Waals surface area contributed by atoms with Crippen molar-refractivity contribution >= 4 is 40.5 Å². The Labute approximate surface area is 103 Å². The second-order valence-electron chi connectivity index (χ2n) is 3.78. The van der Waals surface area contributed by atoms with Gasteiger partial charge in [-0.15, -0.1) is 11.3 Å². The van der Waals surface area contributed by atoms with Crippen LogP contribution in [0.3, 0.4) is 0 Å². The lowest BCUT2D eigenvalue weighted by Crippen LogP contribution is -2.14. The van der Waals surface area contributed by atoms with E-state index in [0.717, 1.165) is 4.88 Å². The Morgan fingerprint density at radius 1 is 1.47 bits per heavy atom. The van der Waals surface area contributed by atoms with Crippen LogP contribution in [0.4, 0.5) is 0 Å². The minimum absolute atomic E-state index is 0.229. The monoisotopic (exact) mass is 260 g/mol. The first-order valence-electron chi connectivity index (χ1n) is 5.11. The van der Waals surface area contributed by atoms with Gasteiger partial charge in [0.05, 0.1) is 9.90 Å². The molecule has 0 aromatic carbocycles. The van der Waals surface area contributed by atoms with Gasteiger partial charge in [-0.3, -0.25) is 4.79 Å². The molecule has 0 amide bonds. The summed E-state index contributed by atoms with van der Waals surface area (Å²) in [4.78, 5) is 12.7. The van der Waals surface area contributed by atoms with Gasteiger partial charge >= 0.3 is 0 Å². The molecule has 4 heteroatoms. The number of thiophene rings is 1. The normalized spacial score (nSPS) is 17.9. The third-order valence-electron chi connectivity index (χ3n) is 2.69. The third-order valence-corrected chi connectivity index (χ3v) is 5.12. The van der Waals surface area contributed by atoms with Crippen molar-refractivity contribution in [2.75, 3.05) is 11.5 Å². The molecule has 1 fully saturated rings. The van der Waals surface area contributed by atoms with E-state index < -0.39 is 0 Å². The maximum atomic E-state index is 11.9. The van der Waals surface area contributed by atoms with Crippen LogP contribution in [-0.4, -0.2) is 17.3 Å². The number of carbonyl (C=O) groups is 1. The van der Waals surface area contributed by atoms with Gasteiger partial charge < -0.3 is 0 Å². The smallest absolute Gasteiger partial charge is 0.174 e. The second kappa shape index (κ2) is 5.37. The van der Waals surface area contributed by atoms with Crippen LogP contribution in [0.5, 0.6) is 0 Å². The largest absolute Gasteiger partial charge is 0.293 e. The van der Waals surface area contributed by atoms with Crippen LogP contribution in [0.2, 0.25) is 5.02 Å². The van der Waals surface area contributed by atoms with Gasteiger partial charge in [0, 0.05) is 6.42 Å². The Kier molecular flexibility index (Phi) is 4.12. The van der Waals surface area contributed by atoms with Gasteiger partial charge in [-0.05, 0) is 41.7 Å². The maximum Gasteiger partial charge on any atom is 0.174 e. The average Bonchev–Trinajstić information content (AvgIpc) is 2.66. The average molecular weight is 261 g/mol. The summed E-state index contributed by atoms with van der Waals surface area (Å²) < 4.78 is 0. The summed E-state index contributed by atoms with van der Waals surface area (Å²) in [5.41, 5.74) is 0. The van der Waals surface area contributed by atoms with Gasteiger partial charge in [-0.2, -0.15) is 11.8 Å². The Hall–Kier alpha value is 0.01000. The number of hydrogen-bond donors (Lipinski definition) is 0. The van der Waals surface area contributed by atoms with Crippen LogP contribution in [0.15, 0.2) is 11.4 Å². The molecule has 1 aromatic heterocycles. The highest BCUT2D eigenvalue weighted by molar-refractivity contribution is 7.99. The van der Waals surface area contributed by atoms with Crippen molar-refractivity contribution in [3.63, 3.8) is 0 Å². The van der Waals surface area contributed by atoms with Gasteiger partial charge in [-0.1, -0.05) is 11.6 Å². The maximum absolute atomic E-state index is 11.9. The first-order valence-corrected chi connectivity index (χ1v) is 7.52. The third kappa shape index (κ3) is 2.99. The molecule has 0 aliphatic carbocycles. The molecule has 0 spiro atoms. The molecule has 0 N–H and O–H groups in total. The van der Waals surface area contributed by atoms with Crippen molar-refractivity contribution in [1.29, 1.82) is 0 Å². The fraction of sp³-hybridized carbons (Fsp3) is 0.545. The van der Waals surface area contributed by atoms with Crippen molar-refractivity contribution in [2.45, 2.75) is 19.3 Å². The fourth-order valence-electron chi connectivity index (χ4n) is 1.80. The summed E-state index contributed by atoms with van der Waals surface area (Å²) in [6.45, 7) is 0. The summed E-state index contributed by atoms with van der Waals surface area (Å²) >= 11 is 9.39. The van der Waals surface area contributed by atoms with Crippen LogP contribution >= 0.6 is 34.7 Å². The standard InChI is InChI=1S/C11H13ClOS2/c12-9-3-6-15-11(9)10(13)7-8-1-4-14-5-2-8/h3,6,8H,1-2,4-5,7H2. The number of thioether (sulfide) groups is 1. The molecule has 0 saturated carbocycles. The number of rotatable bonds is 3. The lowest BCUT2D eigenvalue weighted by atomic mass is 9.96. The molecule has 2 rings (SSSR count). The zero-order chi connectivity index (χ0) is 10.7. The van der Waals surface area contributed by atoms with E-state index in [1.165, 1.54) is 35.7 Å². The first kappa shape index (κ1) is 11.5. The highest BCUT2D eigenvalue weighted by Gasteiger charge is 2.20. The van der Waals surface area contributed by atoms with Gasteiger partial charge in [0.2, 0.25) is 0 Å². The summed E-state index contributed by atoms with van der Waals surface area (Å²) in [7, 11) is 0. The van der Waals surface area contributed by atoms with Crippen molar-refractivity contribution in [3.05, 3.63) is 21.3 Å². The summed E-state index contributed by atoms with van der Waals surface area (Å²) in [6.07, 6.45) is 3.04. The molecule has 1 aliphatic rings. The van der Waals surface area contributed by atoms with Crippen LogP contribution in [0, 0.1) is 5.92 Å². The number of Topliss-reactive ketones (excluding diaryl/α,β-unsaturated/α-hetero) is 1. The SMILES string of the molecule is O=C(CC1CCSCC1)c1sccc1Cl. The van der Waals surface area contributed by atoms with Gasteiger partial charge in [0.15, 0.2) is 5.78 Å². The van der Waals surface area contributed by atoms with Gasteiger partial charge in [0.1, 0.15) is 0 Å². The molecule has 1 aromatic rings. The Morgan fingerprint density at radius 2 is 2.20 bits per heavy atom. The predicted octanol–water partition coefficient (Wildman–Crippen LogP) is 4.12. The van der Waals surface area contributed by atoms with Crippen LogP contribution in [-0.2, 0) is 0 Å². The molecule has 15 heavy (non-hydrogen) atoms. The topological polar surface area (TPSA) is 17.1 Å². The van der Waals surface area contributed by atoms with Crippen molar-refractivity contribution in [1.82, 2.24) is 0 Å². The molecule has 1 aliphatic heterocycles. The highest BCUT2D eigenvalue weighted by Crippen LogP contribution is 2.29. The number of carbonyl (C=O) groups excluding carboxylic acids is 1. The van der Waals surface area contributed by atoms with Crippen LogP contribution < -0.4 is 0 Å². The summed E-state index contributed by atoms with van der Waals surface area (Å²) in [6, 6.07) is 1.80. The predicted molar refractivity (Wildman–Crippen MR) is 68.3 cm³/mol. The lowest BCUT2D eigenvalue weighted by molar-refractivity contribution is 0.0963. The van der Waals surface area contributed by atoms with Gasteiger partial charge in [-0.25, -0.2) is 0 Å². The number of hydrogen-bond acceptors (Lipinski definition) is 3. The van der Waals surface area contributed by atoms with E-state index >= 15 is 0 Å². The minimum atomic E-state index is 0.229. The molecular formula is C11H13ClOS2. The van der Waals surface area contributed by atoms with Crippen molar-refractivity contribution in [3.8, 4) is 0 Å². The Bertz CT molecular complexity index is 342. The highest BCUT2D eigenvalue weighted by atomic mass is 35.5. The van der Waals surface area contributed by atoms with E-state index in [1.807, 2.05) is 17.1 Å². The molecule has 2 heterocycles. The van der Waals surface area contributed by atoms with E-state index in [-0.39, 0.29) is 5.78 Å². The molecule has 0 unspecified atom stereocenters. The summed E-state index contributed by atoms with van der Waals surface area (Å²) in [5.74, 6) is 3.22. The molecular weight excluding hydrogens is 248 g/mol. The van der Waals surface area contributed by atoms with E-state index in [4.69, 9.17) is 11.6 Å². The zero-order valence-electron chi connectivity index (χ0n) is 8.37. The molecule has 1 saturated heterocycles. The van der Waals surface area contributed by atoms with Crippen molar-refractivity contribution in [2.24, 2.45) is 5.92 Å². The Morgan fingerprint density at radius 3 is 2.80 bits per heavy atom. The van der Waals surface area contributed by atoms with E-state index in [0.29, 0.717) is 17.4 Å². The van der Waals surface area contributed by atoms with E-state index in [1.54, 1.807) is 6.07 Å². The minimum Gasteiger partial charge on any atom is -0.293 e. The summed E-state index contributed by atoms with van der Waals surface area (Å²) in [5, 5.41) is 2.50. The van der Waals surface area contributed by atoms with Crippen LogP contribution in [0.1, 0.15) is 28.9 Å². The van der Waals surface area contributed by atoms with E-state index in [9.17, 15) is 4.79 Å². The molecule has 0 radical (unpaired) electrons. The molecule has 0 bridgehead atoms. The fourth-order valence-corrected chi connectivity index (χ4v) is 4.11. The quantitative estimate of drug-likeness (QED) is 0.761. The first-order chi connectivity index (χ1) is 7.27. The van der Waals surface area contributed by atoms with Crippen LogP contribution in [0.25, 0.3) is 0 Å². The Balaban J connectivity index is 1.94. The van der Waals surface area contributed by atoms with E-state index in [2.05, 4.69) is 0 Å². The molecule has 1 nitrogen and oxygen atoms in total. The molecule has 0 atom stereocenters. The van der Waals surface area contributed by atoms with Crippen molar-refractivity contribution < 1.29 is 4.79 Å². The number of ketones is 1. The molecule has 82 valence electrons. The zero-order valence-corrected chi connectivity index (χ0v) is 10.8. The lowest BCUT2D eigenvalue weighted by Gasteiger charge is -2.20. The van der Waals surface area contributed by atoms with Gasteiger partial charge in [0.25, 0.3) is 0 Å². The number of halogens is 1.